The summed E-state index contributed by atoms with van der Waals surface area (Å²) in [6.07, 6.45) is 2.00. The Labute approximate surface area is 180 Å². The van der Waals surface area contributed by atoms with Gasteiger partial charge in [0.15, 0.2) is 6.10 Å². The van der Waals surface area contributed by atoms with Crippen LogP contribution in [-0.2, 0) is 9.53 Å². The van der Waals surface area contributed by atoms with Gasteiger partial charge < -0.3 is 24.9 Å². The first-order valence-electron chi connectivity index (χ1n) is 10.3. The van der Waals surface area contributed by atoms with Gasteiger partial charge in [0.25, 0.3) is 5.56 Å². The van der Waals surface area contributed by atoms with Crippen LogP contribution in [0.4, 0.5) is 0 Å². The van der Waals surface area contributed by atoms with Gasteiger partial charge in [-0.05, 0) is 31.1 Å². The summed E-state index contributed by atoms with van der Waals surface area (Å²) in [5, 5.41) is 31.0. The fraction of sp³-hybridized carbons (Fsp3) is 0.478. The molecule has 0 saturated heterocycles. The highest BCUT2D eigenvalue weighted by Crippen LogP contribution is 2.44. The molecule has 0 aliphatic heterocycles. The van der Waals surface area contributed by atoms with Gasteiger partial charge in [0.1, 0.15) is 11.9 Å². The van der Waals surface area contributed by atoms with E-state index < -0.39 is 35.8 Å². The molecule has 6 atom stereocenters. The number of aromatic nitrogens is 1. The van der Waals surface area contributed by atoms with Crippen molar-refractivity contribution in [1.29, 1.82) is 0 Å². The molecule has 3 N–H and O–H groups in total. The van der Waals surface area contributed by atoms with Crippen LogP contribution in [0.2, 0.25) is 0 Å². The summed E-state index contributed by atoms with van der Waals surface area (Å²) < 4.78 is 5.60. The lowest BCUT2D eigenvalue weighted by Crippen LogP contribution is -2.50. The highest BCUT2D eigenvalue weighted by molar-refractivity contribution is 5.90. The number of nitrogens with zero attached hydrogens (tertiary/aromatic N) is 1. The average molecular weight is 431 g/mol. The van der Waals surface area contributed by atoms with E-state index in [0.717, 1.165) is 16.7 Å². The first-order chi connectivity index (χ1) is 14.7. The third-order valence-electron chi connectivity index (χ3n) is 6.08. The van der Waals surface area contributed by atoms with Gasteiger partial charge in [-0.1, -0.05) is 31.2 Å². The molecule has 3 rings (SSSR count). The number of carbonyl (C=O) groups excluding carboxylic acids is 1. The first-order valence-corrected chi connectivity index (χ1v) is 10.3. The highest BCUT2D eigenvalue weighted by Gasteiger charge is 2.40. The van der Waals surface area contributed by atoms with E-state index in [1.165, 1.54) is 25.4 Å². The number of methoxy groups -OCH3 is 1. The maximum atomic E-state index is 13.3. The van der Waals surface area contributed by atoms with E-state index in [-0.39, 0.29) is 29.2 Å². The van der Waals surface area contributed by atoms with E-state index in [1.54, 1.807) is 6.08 Å². The molecule has 2 aliphatic carbocycles. The van der Waals surface area contributed by atoms with Crippen molar-refractivity contribution >= 4 is 5.97 Å². The van der Waals surface area contributed by atoms with Crippen molar-refractivity contribution in [3.8, 4) is 5.75 Å². The average Bonchev–Trinajstić information content (AvgIpc) is 2.73. The zero-order chi connectivity index (χ0) is 22.9. The lowest BCUT2D eigenvalue weighted by molar-refractivity contribution is -0.142. The predicted octanol–water partition coefficient (Wildman–Crippen LogP) is 1.45. The van der Waals surface area contributed by atoms with Crippen LogP contribution in [0.3, 0.4) is 0 Å². The van der Waals surface area contributed by atoms with Crippen molar-refractivity contribution in [3.63, 3.8) is 0 Å². The number of rotatable bonds is 5. The summed E-state index contributed by atoms with van der Waals surface area (Å²) in [4.78, 5) is 31.1. The van der Waals surface area contributed by atoms with Crippen LogP contribution >= 0.6 is 0 Å². The van der Waals surface area contributed by atoms with Crippen molar-refractivity contribution < 1.29 is 29.7 Å². The number of ether oxygens (including phenoxy) is 1. The van der Waals surface area contributed by atoms with Crippen LogP contribution in [0.15, 0.2) is 53.5 Å². The maximum absolute atomic E-state index is 13.3. The highest BCUT2D eigenvalue weighted by atomic mass is 16.7. The maximum Gasteiger partial charge on any atom is 0.337 e. The first kappa shape index (κ1) is 22.8. The van der Waals surface area contributed by atoms with Gasteiger partial charge in [-0.25, -0.2) is 4.79 Å². The number of hydrogen-bond donors (Lipinski definition) is 3. The van der Waals surface area contributed by atoms with E-state index in [4.69, 9.17) is 9.57 Å². The van der Waals surface area contributed by atoms with Crippen LogP contribution in [0, 0.1) is 11.8 Å². The van der Waals surface area contributed by atoms with Crippen molar-refractivity contribution in [2.24, 2.45) is 11.8 Å². The van der Waals surface area contributed by atoms with Crippen molar-refractivity contribution in [3.05, 3.63) is 64.6 Å². The van der Waals surface area contributed by atoms with E-state index in [2.05, 4.69) is 20.1 Å². The minimum Gasteiger partial charge on any atom is -0.507 e. The Hall–Kier alpha value is -2.84. The lowest BCUT2D eigenvalue weighted by atomic mass is 9.69. The number of hydrogen-bond acceptors (Lipinski definition) is 7. The molecule has 1 heterocycles. The second kappa shape index (κ2) is 9.11. The summed E-state index contributed by atoms with van der Waals surface area (Å²) in [6.45, 7) is 10.1. The van der Waals surface area contributed by atoms with Gasteiger partial charge in [-0.2, -0.15) is 4.73 Å². The molecular formula is C23H29NO7. The van der Waals surface area contributed by atoms with Crippen molar-refractivity contribution in [1.82, 2.24) is 4.73 Å². The van der Waals surface area contributed by atoms with Gasteiger partial charge in [-0.15, -0.1) is 6.58 Å². The SMILES string of the molecule is C=C[C@@H]1C[C@H](C)CC(=C)[C@H]1c1c(O)ccn(O[C@@H]2C(C(=O)OC)=CC[C@@H](O)[C@H]2O)c1=O. The number of carbonyl (C=O) groups is 1. The smallest absolute Gasteiger partial charge is 0.337 e. The lowest BCUT2D eigenvalue weighted by Gasteiger charge is -2.35. The van der Waals surface area contributed by atoms with Gasteiger partial charge >= 0.3 is 5.97 Å². The molecule has 0 radical (unpaired) electrons. The Morgan fingerprint density at radius 1 is 1.35 bits per heavy atom. The normalized spacial score (nSPS) is 31.0. The summed E-state index contributed by atoms with van der Waals surface area (Å²) >= 11 is 0. The molecule has 8 nitrogen and oxygen atoms in total. The molecule has 0 spiro atoms. The van der Waals surface area contributed by atoms with Gasteiger partial charge in [0.05, 0.1) is 30.5 Å². The van der Waals surface area contributed by atoms with Crippen LogP contribution in [0.5, 0.6) is 5.75 Å². The summed E-state index contributed by atoms with van der Waals surface area (Å²) in [5.41, 5.74) is 0.307. The predicted molar refractivity (Wildman–Crippen MR) is 113 cm³/mol. The molecule has 0 unspecified atom stereocenters. The van der Waals surface area contributed by atoms with E-state index in [9.17, 15) is 24.9 Å². The second-order valence-corrected chi connectivity index (χ2v) is 8.30. The standard InChI is InChI=1S/C23H29NO7/c1-5-14-11-12(2)10-13(3)18(14)19-16(25)8-9-24(22(19)28)31-21-15(23(29)30-4)6-7-17(26)20(21)27/h5-6,8-9,12,14,17-18,20-21,25-27H,1,3,7,10-11H2,2,4H3/t12-,14-,17-,18-,20-,21-/m1/s1. The summed E-state index contributed by atoms with van der Waals surface area (Å²) in [7, 11) is 1.19. The molecule has 1 aromatic rings. The molecule has 8 heteroatoms. The van der Waals surface area contributed by atoms with Crippen molar-refractivity contribution in [2.45, 2.75) is 50.4 Å². The Kier molecular flexibility index (Phi) is 6.71. The van der Waals surface area contributed by atoms with Crippen LogP contribution in [0.1, 0.15) is 37.7 Å². The number of esters is 1. The Morgan fingerprint density at radius 2 is 2.06 bits per heavy atom. The van der Waals surface area contributed by atoms with E-state index in [1.807, 2.05) is 0 Å². The summed E-state index contributed by atoms with van der Waals surface area (Å²) in [5.74, 6) is -1.06. The van der Waals surface area contributed by atoms with Crippen LogP contribution < -0.4 is 10.4 Å². The molecule has 1 fully saturated rings. The molecule has 0 aromatic carbocycles. The third kappa shape index (κ3) is 4.31. The topological polar surface area (TPSA) is 118 Å². The fourth-order valence-corrected chi connectivity index (χ4v) is 4.56. The molecule has 0 bridgehead atoms. The Bertz CT molecular complexity index is 963. The Morgan fingerprint density at radius 3 is 2.71 bits per heavy atom. The number of aromatic hydroxyl groups is 1. The van der Waals surface area contributed by atoms with Gasteiger partial charge in [-0.3, -0.25) is 4.79 Å². The molecule has 1 saturated carbocycles. The Balaban J connectivity index is 2.02. The third-order valence-corrected chi connectivity index (χ3v) is 6.08. The van der Waals surface area contributed by atoms with Crippen LogP contribution in [0.25, 0.3) is 0 Å². The molecule has 1 aromatic heterocycles. The zero-order valence-electron chi connectivity index (χ0n) is 17.7. The number of aliphatic hydroxyl groups is 2. The molecular weight excluding hydrogens is 402 g/mol. The number of aliphatic hydroxyl groups excluding tert-OH is 2. The zero-order valence-corrected chi connectivity index (χ0v) is 17.7. The van der Waals surface area contributed by atoms with Crippen LogP contribution in [-0.4, -0.2) is 51.4 Å². The largest absolute Gasteiger partial charge is 0.507 e. The summed E-state index contributed by atoms with van der Waals surface area (Å²) in [6, 6.07) is 1.31. The number of pyridine rings is 1. The van der Waals surface area contributed by atoms with E-state index >= 15 is 0 Å². The van der Waals surface area contributed by atoms with Gasteiger partial charge in [0.2, 0.25) is 0 Å². The quantitative estimate of drug-likeness (QED) is 0.477. The molecule has 0 amide bonds. The van der Waals surface area contributed by atoms with E-state index in [0.29, 0.717) is 12.3 Å². The minimum absolute atomic E-state index is 0.00157. The molecule has 31 heavy (non-hydrogen) atoms. The second-order valence-electron chi connectivity index (χ2n) is 8.30. The minimum atomic E-state index is -1.45. The molecule has 168 valence electrons. The van der Waals surface area contributed by atoms with Gasteiger partial charge in [0, 0.05) is 12.0 Å². The monoisotopic (exact) mass is 431 g/mol. The fourth-order valence-electron chi connectivity index (χ4n) is 4.56. The number of allylic oxidation sites excluding steroid dienone is 2. The molecule has 2 aliphatic rings. The van der Waals surface area contributed by atoms with Crippen molar-refractivity contribution in [2.75, 3.05) is 7.11 Å².